The van der Waals surface area contributed by atoms with Crippen LogP contribution in [0.2, 0.25) is 0 Å². The quantitative estimate of drug-likeness (QED) is 0.569. The molecule has 2 N–H and O–H groups in total. The fraction of sp³-hybridized carbons (Fsp3) is 0.238. The van der Waals surface area contributed by atoms with E-state index in [0.29, 0.717) is 5.95 Å². The lowest BCUT2D eigenvalue weighted by molar-refractivity contribution is -0.111. The summed E-state index contributed by atoms with van der Waals surface area (Å²) in [6.45, 7) is 3.55. The molecular formula is C21H21BrN6O. The molecule has 0 bridgehead atoms. The molecule has 3 aromatic rings. The van der Waals surface area contributed by atoms with Gasteiger partial charge in [-0.25, -0.2) is 15.0 Å². The summed E-state index contributed by atoms with van der Waals surface area (Å²) < 4.78 is 0.859. The van der Waals surface area contributed by atoms with Crippen LogP contribution in [-0.4, -0.2) is 40.0 Å². The van der Waals surface area contributed by atoms with Crippen molar-refractivity contribution < 1.29 is 4.79 Å². The smallest absolute Gasteiger partial charge is 0.248 e. The minimum absolute atomic E-state index is 0.134. The average Bonchev–Trinajstić information content (AvgIpc) is 3.17. The second-order valence-corrected chi connectivity index (χ2v) is 7.78. The van der Waals surface area contributed by atoms with Gasteiger partial charge < -0.3 is 15.5 Å². The predicted molar refractivity (Wildman–Crippen MR) is 119 cm³/mol. The summed E-state index contributed by atoms with van der Waals surface area (Å²) in [5, 5.41) is 8.38. The molecule has 1 aromatic carbocycles. The fourth-order valence-electron chi connectivity index (χ4n) is 3.47. The number of rotatable bonds is 5. The van der Waals surface area contributed by atoms with Crippen molar-refractivity contribution in [1.82, 2.24) is 15.0 Å². The summed E-state index contributed by atoms with van der Waals surface area (Å²) in [7, 11) is 0. The summed E-state index contributed by atoms with van der Waals surface area (Å²) in [6.07, 6.45) is 9.50. The first-order valence-corrected chi connectivity index (χ1v) is 10.2. The van der Waals surface area contributed by atoms with Crippen molar-refractivity contribution in [3.8, 4) is 0 Å². The van der Waals surface area contributed by atoms with Gasteiger partial charge in [0.2, 0.25) is 11.9 Å². The number of aromatic nitrogens is 3. The molecule has 1 unspecified atom stereocenters. The molecule has 1 atom stereocenters. The van der Waals surface area contributed by atoms with Crippen molar-refractivity contribution in [3.05, 3.63) is 59.5 Å². The molecule has 1 amide bonds. The highest BCUT2D eigenvalue weighted by atomic mass is 79.9. The summed E-state index contributed by atoms with van der Waals surface area (Å²) >= 11 is 3.35. The normalized spacial score (nSPS) is 16.5. The van der Waals surface area contributed by atoms with E-state index in [4.69, 9.17) is 0 Å². The highest BCUT2D eigenvalue weighted by Crippen LogP contribution is 2.29. The lowest BCUT2D eigenvalue weighted by atomic mass is 10.1. The first kappa shape index (κ1) is 19.3. The Balaban J connectivity index is 1.50. The molecule has 1 fully saturated rings. The van der Waals surface area contributed by atoms with Crippen molar-refractivity contribution in [1.29, 1.82) is 0 Å². The van der Waals surface area contributed by atoms with Gasteiger partial charge in [-0.3, -0.25) is 4.79 Å². The van der Waals surface area contributed by atoms with E-state index in [9.17, 15) is 4.79 Å². The van der Waals surface area contributed by atoms with Crippen molar-refractivity contribution in [2.45, 2.75) is 19.4 Å². The van der Waals surface area contributed by atoms with E-state index in [2.05, 4.69) is 46.4 Å². The Labute approximate surface area is 177 Å². The van der Waals surface area contributed by atoms with Gasteiger partial charge in [-0.05, 0) is 65.0 Å². The number of carbonyl (C=O) groups is 1. The average molecular weight is 453 g/mol. The maximum Gasteiger partial charge on any atom is 0.248 e. The standard InChI is InChI=1S/C21H21BrN6O/c1-2-3-19(29)26-16-4-5-18-14(10-16)6-8-23-20(18)28-9-7-17(13-28)27-21-24-11-15(22)12-25-21/h2-6,8,10-12,17H,7,9,13H2,1H3,(H,26,29)(H,24,25,27)/b3-2+. The monoisotopic (exact) mass is 452 g/mol. The first-order valence-electron chi connectivity index (χ1n) is 9.44. The minimum Gasteiger partial charge on any atom is -0.354 e. The van der Waals surface area contributed by atoms with E-state index >= 15 is 0 Å². The molecule has 4 rings (SSSR count). The SMILES string of the molecule is C/C=C/C(=O)Nc1ccc2c(N3CCC(Nc4ncc(Br)cn4)C3)nccc2c1. The molecule has 0 spiro atoms. The topological polar surface area (TPSA) is 83.0 Å². The van der Waals surface area contributed by atoms with Crippen LogP contribution < -0.4 is 15.5 Å². The Morgan fingerprint density at radius 2 is 2.07 bits per heavy atom. The molecule has 1 aliphatic heterocycles. The zero-order chi connectivity index (χ0) is 20.2. The molecule has 1 aliphatic rings. The van der Waals surface area contributed by atoms with E-state index in [0.717, 1.165) is 46.3 Å². The van der Waals surface area contributed by atoms with Crippen LogP contribution >= 0.6 is 15.9 Å². The summed E-state index contributed by atoms with van der Waals surface area (Å²) in [6, 6.07) is 8.13. The predicted octanol–water partition coefficient (Wildman–Crippen LogP) is 3.99. The van der Waals surface area contributed by atoms with Crippen molar-refractivity contribution in [2.75, 3.05) is 28.6 Å². The third-order valence-electron chi connectivity index (χ3n) is 4.77. The van der Waals surface area contributed by atoms with Gasteiger partial charge in [-0.2, -0.15) is 0 Å². The number of halogens is 1. The van der Waals surface area contributed by atoms with E-state index in [1.165, 1.54) is 6.08 Å². The fourth-order valence-corrected chi connectivity index (χ4v) is 3.67. The van der Waals surface area contributed by atoms with Gasteiger partial charge in [0.25, 0.3) is 0 Å². The number of benzene rings is 1. The second kappa shape index (κ2) is 8.57. The van der Waals surface area contributed by atoms with Crippen molar-refractivity contribution >= 4 is 50.1 Å². The maximum atomic E-state index is 11.8. The van der Waals surface area contributed by atoms with Gasteiger partial charge in [-0.1, -0.05) is 6.08 Å². The number of amides is 1. The van der Waals surface area contributed by atoms with Crippen LogP contribution in [0.25, 0.3) is 10.8 Å². The Hall–Kier alpha value is -3.00. The summed E-state index contributed by atoms with van der Waals surface area (Å²) in [5.41, 5.74) is 0.770. The number of hydrogen-bond acceptors (Lipinski definition) is 6. The van der Waals surface area contributed by atoms with Crippen LogP contribution in [0.3, 0.4) is 0 Å². The van der Waals surface area contributed by atoms with Crippen LogP contribution in [0, 0.1) is 0 Å². The number of carbonyl (C=O) groups excluding carboxylic acids is 1. The molecule has 29 heavy (non-hydrogen) atoms. The lowest BCUT2D eigenvalue weighted by Gasteiger charge is -2.20. The number of anilines is 3. The summed E-state index contributed by atoms with van der Waals surface area (Å²) in [4.78, 5) is 27.3. The zero-order valence-electron chi connectivity index (χ0n) is 16.0. The van der Waals surface area contributed by atoms with E-state index in [-0.39, 0.29) is 11.9 Å². The number of nitrogens with zero attached hydrogens (tertiary/aromatic N) is 4. The molecular weight excluding hydrogens is 432 g/mol. The minimum atomic E-state index is -0.134. The molecule has 8 heteroatoms. The van der Waals surface area contributed by atoms with Gasteiger partial charge in [-0.15, -0.1) is 0 Å². The number of pyridine rings is 1. The van der Waals surface area contributed by atoms with Gasteiger partial charge in [0.15, 0.2) is 0 Å². The molecule has 0 aliphatic carbocycles. The van der Waals surface area contributed by atoms with Crippen molar-refractivity contribution in [2.24, 2.45) is 0 Å². The third kappa shape index (κ3) is 4.54. The highest BCUT2D eigenvalue weighted by Gasteiger charge is 2.25. The lowest BCUT2D eigenvalue weighted by Crippen LogP contribution is -2.27. The Kier molecular flexibility index (Phi) is 5.71. The van der Waals surface area contributed by atoms with Crippen LogP contribution in [0.5, 0.6) is 0 Å². The number of allylic oxidation sites excluding steroid dienone is 1. The molecule has 7 nitrogen and oxygen atoms in total. The molecule has 3 heterocycles. The van der Waals surface area contributed by atoms with Crippen LogP contribution in [-0.2, 0) is 4.79 Å². The van der Waals surface area contributed by atoms with Gasteiger partial charge in [0.05, 0.1) is 4.47 Å². The highest BCUT2D eigenvalue weighted by molar-refractivity contribution is 9.10. The van der Waals surface area contributed by atoms with Crippen molar-refractivity contribution in [3.63, 3.8) is 0 Å². The van der Waals surface area contributed by atoms with Gasteiger partial charge in [0, 0.05) is 48.8 Å². The van der Waals surface area contributed by atoms with Crippen LogP contribution in [0.15, 0.2) is 59.5 Å². The van der Waals surface area contributed by atoms with E-state index < -0.39 is 0 Å². The van der Waals surface area contributed by atoms with E-state index in [1.807, 2.05) is 37.4 Å². The zero-order valence-corrected chi connectivity index (χ0v) is 17.6. The van der Waals surface area contributed by atoms with Crippen LogP contribution in [0.1, 0.15) is 13.3 Å². The molecule has 2 aromatic heterocycles. The molecule has 0 saturated carbocycles. The molecule has 0 radical (unpaired) electrons. The Morgan fingerprint density at radius 3 is 2.86 bits per heavy atom. The van der Waals surface area contributed by atoms with Gasteiger partial charge >= 0.3 is 0 Å². The van der Waals surface area contributed by atoms with Crippen LogP contribution in [0.4, 0.5) is 17.5 Å². The largest absolute Gasteiger partial charge is 0.354 e. The third-order valence-corrected chi connectivity index (χ3v) is 5.18. The number of fused-ring (bicyclic) bond motifs is 1. The summed E-state index contributed by atoms with van der Waals surface area (Å²) in [5.74, 6) is 1.45. The second-order valence-electron chi connectivity index (χ2n) is 6.86. The van der Waals surface area contributed by atoms with Gasteiger partial charge in [0.1, 0.15) is 5.82 Å². The first-order chi connectivity index (χ1) is 14.1. The maximum absolute atomic E-state index is 11.8. The number of nitrogens with one attached hydrogen (secondary N) is 2. The molecule has 1 saturated heterocycles. The van der Waals surface area contributed by atoms with E-state index in [1.54, 1.807) is 18.5 Å². The molecule has 148 valence electrons. The Bertz CT molecular complexity index is 1050. The number of hydrogen-bond donors (Lipinski definition) is 2. The Morgan fingerprint density at radius 1 is 1.24 bits per heavy atom.